The minimum Gasteiger partial charge on any atom is -0.378 e. The largest absolute Gasteiger partial charge is 0.378 e. The molecule has 31 heavy (non-hydrogen) atoms. The normalized spacial score (nSPS) is 15.0. The van der Waals surface area contributed by atoms with E-state index in [-0.39, 0.29) is 24.3 Å². The molecule has 0 spiro atoms. The van der Waals surface area contributed by atoms with Crippen molar-refractivity contribution in [1.29, 1.82) is 0 Å². The summed E-state index contributed by atoms with van der Waals surface area (Å²) in [5, 5.41) is 6.82. The molecular formula is C23H26N4O3S. The smallest absolute Gasteiger partial charge is 0.226 e. The predicted octanol–water partition coefficient (Wildman–Crippen LogP) is 3.65. The number of aryl methyl sites for hydroxylation is 1. The second-order valence-electron chi connectivity index (χ2n) is 7.69. The number of morpholine rings is 1. The van der Waals surface area contributed by atoms with Crippen LogP contribution in [0.4, 0.5) is 10.8 Å². The molecule has 1 unspecified atom stereocenters. The third-order valence-electron chi connectivity index (χ3n) is 5.19. The number of hydrogen-bond donors (Lipinski definition) is 2. The number of aromatic nitrogens is 1. The van der Waals surface area contributed by atoms with E-state index in [4.69, 9.17) is 9.72 Å². The Morgan fingerprint density at radius 1 is 1.16 bits per heavy atom. The van der Waals surface area contributed by atoms with Crippen LogP contribution in [0.5, 0.6) is 0 Å². The average Bonchev–Trinajstić information content (AvgIpc) is 3.17. The molecule has 0 bridgehead atoms. The summed E-state index contributed by atoms with van der Waals surface area (Å²) in [5.41, 5.74) is 3.67. The number of rotatable bonds is 6. The summed E-state index contributed by atoms with van der Waals surface area (Å²) in [6.07, 6.45) is 0.155. The molecule has 2 N–H and O–H groups in total. The van der Waals surface area contributed by atoms with E-state index in [1.807, 2.05) is 49.4 Å². The van der Waals surface area contributed by atoms with Gasteiger partial charge in [0.1, 0.15) is 0 Å². The van der Waals surface area contributed by atoms with Gasteiger partial charge in [-0.2, -0.15) is 0 Å². The van der Waals surface area contributed by atoms with E-state index in [2.05, 4.69) is 15.5 Å². The zero-order chi connectivity index (χ0) is 21.8. The zero-order valence-electron chi connectivity index (χ0n) is 17.7. The van der Waals surface area contributed by atoms with Gasteiger partial charge < -0.3 is 20.3 Å². The fraction of sp³-hybridized carbons (Fsp3) is 0.348. The van der Waals surface area contributed by atoms with Crippen LogP contribution in [-0.4, -0.2) is 43.1 Å². The molecule has 0 radical (unpaired) electrons. The number of nitrogens with zero attached hydrogens (tertiary/aromatic N) is 2. The predicted molar refractivity (Wildman–Crippen MR) is 124 cm³/mol. The lowest BCUT2D eigenvalue weighted by atomic mass is 10.0. The molecule has 8 heteroatoms. The van der Waals surface area contributed by atoms with Gasteiger partial charge in [0.05, 0.1) is 35.9 Å². The number of anilines is 2. The number of amides is 2. The Morgan fingerprint density at radius 2 is 1.90 bits per heavy atom. The summed E-state index contributed by atoms with van der Waals surface area (Å²) in [6.45, 7) is 6.58. The van der Waals surface area contributed by atoms with E-state index in [1.165, 1.54) is 6.92 Å². The molecule has 1 saturated heterocycles. The summed E-state index contributed by atoms with van der Waals surface area (Å²) in [6, 6.07) is 13.2. The number of carbonyl (C=O) groups is 2. The lowest BCUT2D eigenvalue weighted by Crippen LogP contribution is -2.36. The van der Waals surface area contributed by atoms with E-state index in [0.717, 1.165) is 45.3 Å². The molecule has 2 aromatic carbocycles. The summed E-state index contributed by atoms with van der Waals surface area (Å²) in [7, 11) is 0. The molecule has 0 saturated carbocycles. The monoisotopic (exact) mass is 438 g/mol. The number of benzene rings is 2. The molecule has 0 aliphatic carbocycles. The highest BCUT2D eigenvalue weighted by Gasteiger charge is 2.18. The lowest BCUT2D eigenvalue weighted by molar-refractivity contribution is -0.120. The van der Waals surface area contributed by atoms with Crippen molar-refractivity contribution in [2.24, 2.45) is 0 Å². The Morgan fingerprint density at radius 3 is 2.61 bits per heavy atom. The number of thiazole rings is 1. The van der Waals surface area contributed by atoms with Gasteiger partial charge in [0.25, 0.3) is 0 Å². The Bertz CT molecular complexity index is 1070. The van der Waals surface area contributed by atoms with E-state index in [9.17, 15) is 9.59 Å². The summed E-state index contributed by atoms with van der Waals surface area (Å²) >= 11 is 1.62. The fourth-order valence-electron chi connectivity index (χ4n) is 3.57. The third-order valence-corrected chi connectivity index (χ3v) is 6.27. The van der Waals surface area contributed by atoms with Crippen LogP contribution in [0.15, 0.2) is 42.5 Å². The highest BCUT2D eigenvalue weighted by molar-refractivity contribution is 7.22. The van der Waals surface area contributed by atoms with E-state index in [1.54, 1.807) is 11.3 Å². The number of hydrogen-bond acceptors (Lipinski definition) is 6. The van der Waals surface area contributed by atoms with Crippen molar-refractivity contribution in [2.75, 3.05) is 36.5 Å². The summed E-state index contributed by atoms with van der Waals surface area (Å²) < 4.78 is 6.44. The first-order valence-electron chi connectivity index (χ1n) is 10.3. The molecule has 3 aromatic rings. The van der Waals surface area contributed by atoms with Gasteiger partial charge in [-0.3, -0.25) is 9.59 Å². The van der Waals surface area contributed by atoms with E-state index in [0.29, 0.717) is 13.2 Å². The van der Waals surface area contributed by atoms with Crippen molar-refractivity contribution in [3.8, 4) is 0 Å². The number of ether oxygens (including phenoxy) is 1. The molecule has 2 heterocycles. The first-order valence-corrected chi connectivity index (χ1v) is 11.2. The Kier molecular flexibility index (Phi) is 6.48. The highest BCUT2D eigenvalue weighted by Crippen LogP contribution is 2.31. The van der Waals surface area contributed by atoms with E-state index < -0.39 is 0 Å². The van der Waals surface area contributed by atoms with Gasteiger partial charge in [-0.25, -0.2) is 4.98 Å². The topological polar surface area (TPSA) is 83.6 Å². The van der Waals surface area contributed by atoms with Crippen molar-refractivity contribution in [1.82, 2.24) is 10.3 Å². The van der Waals surface area contributed by atoms with Crippen molar-refractivity contribution >= 4 is 44.2 Å². The lowest BCUT2D eigenvalue weighted by Gasteiger charge is -2.25. The maximum absolute atomic E-state index is 12.7. The van der Waals surface area contributed by atoms with Gasteiger partial charge in [-0.1, -0.05) is 41.2 Å². The van der Waals surface area contributed by atoms with Gasteiger partial charge in [-0.05, 0) is 30.7 Å². The van der Waals surface area contributed by atoms with Gasteiger partial charge in [-0.15, -0.1) is 0 Å². The van der Waals surface area contributed by atoms with Crippen LogP contribution >= 0.6 is 11.3 Å². The van der Waals surface area contributed by atoms with Crippen LogP contribution in [0.2, 0.25) is 0 Å². The SMILES string of the molecule is CC(=O)NC(CC(=O)Nc1ccc2nc(N3CCOCC3)sc2c1)c1ccc(C)cc1. The molecule has 162 valence electrons. The molecule has 1 aromatic heterocycles. The maximum atomic E-state index is 12.7. The molecule has 4 rings (SSSR count). The van der Waals surface area contributed by atoms with Crippen molar-refractivity contribution in [3.05, 3.63) is 53.6 Å². The molecule has 1 fully saturated rings. The molecule has 1 aliphatic rings. The molecule has 1 atom stereocenters. The average molecular weight is 439 g/mol. The van der Waals surface area contributed by atoms with Crippen LogP contribution in [0.1, 0.15) is 30.5 Å². The number of nitrogens with one attached hydrogen (secondary N) is 2. The minimum absolute atomic E-state index is 0.155. The Hall–Kier alpha value is -2.97. The Labute approximate surface area is 185 Å². The third kappa shape index (κ3) is 5.39. The first-order chi connectivity index (χ1) is 15.0. The summed E-state index contributed by atoms with van der Waals surface area (Å²) in [4.78, 5) is 31.3. The van der Waals surface area contributed by atoms with Gasteiger partial charge in [0.2, 0.25) is 11.8 Å². The zero-order valence-corrected chi connectivity index (χ0v) is 18.5. The molecule has 1 aliphatic heterocycles. The second-order valence-corrected chi connectivity index (χ2v) is 8.70. The standard InChI is InChI=1S/C23H26N4O3S/c1-15-3-5-17(6-4-15)20(24-16(2)28)14-22(29)25-18-7-8-19-21(13-18)31-23(26-19)27-9-11-30-12-10-27/h3-8,13,20H,9-12,14H2,1-2H3,(H,24,28)(H,25,29). The maximum Gasteiger partial charge on any atom is 0.226 e. The summed E-state index contributed by atoms with van der Waals surface area (Å²) in [5.74, 6) is -0.323. The second kappa shape index (κ2) is 9.45. The molecule has 7 nitrogen and oxygen atoms in total. The van der Waals surface area contributed by atoms with Crippen LogP contribution in [-0.2, 0) is 14.3 Å². The van der Waals surface area contributed by atoms with Crippen LogP contribution in [0, 0.1) is 6.92 Å². The highest BCUT2D eigenvalue weighted by atomic mass is 32.1. The van der Waals surface area contributed by atoms with Gasteiger partial charge in [0.15, 0.2) is 5.13 Å². The van der Waals surface area contributed by atoms with Gasteiger partial charge in [0, 0.05) is 25.7 Å². The Balaban J connectivity index is 1.46. The van der Waals surface area contributed by atoms with Crippen LogP contribution in [0.25, 0.3) is 10.2 Å². The fourth-order valence-corrected chi connectivity index (χ4v) is 4.63. The van der Waals surface area contributed by atoms with Crippen molar-refractivity contribution in [2.45, 2.75) is 26.3 Å². The van der Waals surface area contributed by atoms with Crippen molar-refractivity contribution < 1.29 is 14.3 Å². The first kappa shape index (κ1) is 21.3. The van der Waals surface area contributed by atoms with E-state index >= 15 is 0 Å². The quantitative estimate of drug-likeness (QED) is 0.614. The number of fused-ring (bicyclic) bond motifs is 1. The van der Waals surface area contributed by atoms with Gasteiger partial charge >= 0.3 is 0 Å². The number of carbonyl (C=O) groups excluding carboxylic acids is 2. The molecular weight excluding hydrogens is 412 g/mol. The minimum atomic E-state index is -0.377. The van der Waals surface area contributed by atoms with Crippen LogP contribution < -0.4 is 15.5 Å². The molecule has 2 amide bonds. The van der Waals surface area contributed by atoms with Crippen LogP contribution in [0.3, 0.4) is 0 Å². The van der Waals surface area contributed by atoms with Crippen molar-refractivity contribution in [3.63, 3.8) is 0 Å².